The van der Waals surface area contributed by atoms with Gasteiger partial charge in [0, 0.05) is 13.1 Å². The summed E-state index contributed by atoms with van der Waals surface area (Å²) in [6.45, 7) is 4.30. The van der Waals surface area contributed by atoms with Crippen LogP contribution in [0, 0.1) is 0 Å². The molecule has 2 heterocycles. The normalized spacial score (nSPS) is 12.8. The van der Waals surface area contributed by atoms with E-state index >= 15 is 0 Å². The maximum Gasteiger partial charge on any atom is 0.266 e. The predicted molar refractivity (Wildman–Crippen MR) is 111 cm³/mol. The fourth-order valence-corrected chi connectivity index (χ4v) is 3.51. The van der Waals surface area contributed by atoms with Crippen LogP contribution in [0.25, 0.3) is 11.0 Å². The average Bonchev–Trinajstić information content (AvgIpc) is 3.03. The quantitative estimate of drug-likeness (QED) is 0.571. The maximum absolute atomic E-state index is 13.2. The highest BCUT2D eigenvalue weighted by Gasteiger charge is 2.21. The third kappa shape index (κ3) is 4.45. The number of rotatable bonds is 8. The topological polar surface area (TPSA) is 78.8 Å². The number of aromatic amines is 1. The molecule has 0 fully saturated rings. The van der Waals surface area contributed by atoms with Gasteiger partial charge in [0.05, 0.1) is 12.6 Å². The number of hydrogen-bond acceptors (Lipinski definition) is 5. The lowest BCUT2D eigenvalue weighted by Gasteiger charge is -2.22. The first-order valence-corrected chi connectivity index (χ1v) is 9.87. The molecular formula is C19H25BrN6O. The van der Waals surface area contributed by atoms with E-state index in [-0.39, 0.29) is 11.6 Å². The van der Waals surface area contributed by atoms with Gasteiger partial charge in [-0.15, -0.1) is 0 Å². The molecule has 3 rings (SSSR count). The van der Waals surface area contributed by atoms with Crippen molar-refractivity contribution in [2.45, 2.75) is 25.9 Å². The summed E-state index contributed by atoms with van der Waals surface area (Å²) in [6.07, 6.45) is 0.829. The lowest BCUT2D eigenvalue weighted by molar-refractivity contribution is 0.373. The highest BCUT2D eigenvalue weighted by molar-refractivity contribution is 9.10. The zero-order chi connectivity index (χ0) is 19.4. The number of fused-ring (bicyclic) bond motifs is 1. The second-order valence-corrected chi connectivity index (χ2v) is 7.55. The minimum absolute atomic E-state index is 0.0205. The van der Waals surface area contributed by atoms with Crippen LogP contribution in [-0.4, -0.2) is 51.8 Å². The summed E-state index contributed by atoms with van der Waals surface area (Å²) in [6, 6.07) is 9.95. The Morgan fingerprint density at radius 1 is 1.30 bits per heavy atom. The number of hydrogen-bond donors (Lipinski definition) is 2. The second kappa shape index (κ2) is 8.77. The first-order valence-electron chi connectivity index (χ1n) is 9.07. The summed E-state index contributed by atoms with van der Waals surface area (Å²) in [5, 5.41) is 11.0. The van der Waals surface area contributed by atoms with Crippen molar-refractivity contribution in [3.8, 4) is 0 Å². The Hall–Kier alpha value is -2.03. The molecule has 3 aromatic rings. The van der Waals surface area contributed by atoms with Crippen LogP contribution < -0.4 is 10.9 Å². The molecule has 0 aliphatic carbocycles. The van der Waals surface area contributed by atoms with Gasteiger partial charge in [0.1, 0.15) is 15.8 Å². The fourth-order valence-electron chi connectivity index (χ4n) is 3.06. The Morgan fingerprint density at radius 3 is 2.70 bits per heavy atom. The summed E-state index contributed by atoms with van der Waals surface area (Å²) < 4.78 is 2.26. The first-order chi connectivity index (χ1) is 13.0. The van der Waals surface area contributed by atoms with E-state index in [0.717, 1.165) is 30.9 Å². The van der Waals surface area contributed by atoms with Gasteiger partial charge in [-0.05, 0) is 42.0 Å². The number of likely N-dealkylation sites (N-methyl/N-ethyl adjacent to an activating group) is 1. The largest absolute Gasteiger partial charge is 0.308 e. The SMILES string of the molecule is CCC(NCCN(C)C)c1nc2[nH]nc(Br)c2c(=O)n1Cc1ccccc1. The van der Waals surface area contributed by atoms with E-state index in [0.29, 0.717) is 22.2 Å². The van der Waals surface area contributed by atoms with E-state index in [2.05, 4.69) is 43.3 Å². The first kappa shape index (κ1) is 19.7. The van der Waals surface area contributed by atoms with Gasteiger partial charge in [-0.1, -0.05) is 37.3 Å². The summed E-state index contributed by atoms with van der Waals surface area (Å²) in [4.78, 5) is 20.1. The molecule has 0 saturated heterocycles. The van der Waals surface area contributed by atoms with Gasteiger partial charge in [-0.2, -0.15) is 5.10 Å². The molecule has 1 aromatic carbocycles. The molecule has 0 aliphatic rings. The lowest BCUT2D eigenvalue weighted by Crippen LogP contribution is -2.35. The summed E-state index contributed by atoms with van der Waals surface area (Å²) in [7, 11) is 4.08. The standard InChI is InChI=1S/C19H25BrN6O/c1-4-14(21-10-11-25(2)3)18-22-17-15(16(20)23-24-17)19(27)26(18)12-13-8-6-5-7-9-13/h5-9,14,21H,4,10-12H2,1-3H3,(H,23,24). The molecule has 0 bridgehead atoms. The van der Waals surface area contributed by atoms with Crippen LogP contribution in [0.15, 0.2) is 39.7 Å². The van der Waals surface area contributed by atoms with Gasteiger partial charge in [0.15, 0.2) is 5.65 Å². The van der Waals surface area contributed by atoms with Crippen LogP contribution in [-0.2, 0) is 6.54 Å². The van der Waals surface area contributed by atoms with Crippen LogP contribution in [0.3, 0.4) is 0 Å². The van der Waals surface area contributed by atoms with Crippen molar-refractivity contribution < 1.29 is 0 Å². The number of nitrogens with zero attached hydrogens (tertiary/aromatic N) is 4. The maximum atomic E-state index is 13.2. The minimum Gasteiger partial charge on any atom is -0.308 e. The van der Waals surface area contributed by atoms with Crippen molar-refractivity contribution in [1.29, 1.82) is 0 Å². The highest BCUT2D eigenvalue weighted by Crippen LogP contribution is 2.20. The van der Waals surface area contributed by atoms with E-state index in [1.54, 1.807) is 4.57 Å². The monoisotopic (exact) mass is 432 g/mol. The van der Waals surface area contributed by atoms with Crippen molar-refractivity contribution in [2.24, 2.45) is 0 Å². The number of nitrogens with one attached hydrogen (secondary N) is 2. The Kier molecular flexibility index (Phi) is 6.41. The van der Waals surface area contributed by atoms with Gasteiger partial charge >= 0.3 is 0 Å². The highest BCUT2D eigenvalue weighted by atomic mass is 79.9. The van der Waals surface area contributed by atoms with Crippen molar-refractivity contribution in [3.05, 3.63) is 56.7 Å². The fraction of sp³-hybridized carbons (Fsp3) is 0.421. The predicted octanol–water partition coefficient (Wildman–Crippen LogP) is 2.53. The van der Waals surface area contributed by atoms with E-state index in [9.17, 15) is 4.79 Å². The third-order valence-electron chi connectivity index (χ3n) is 4.52. The van der Waals surface area contributed by atoms with Crippen molar-refractivity contribution in [3.63, 3.8) is 0 Å². The number of aromatic nitrogens is 4. The van der Waals surface area contributed by atoms with Crippen LogP contribution in [0.2, 0.25) is 0 Å². The van der Waals surface area contributed by atoms with Crippen molar-refractivity contribution in [2.75, 3.05) is 27.2 Å². The molecule has 7 nitrogen and oxygen atoms in total. The van der Waals surface area contributed by atoms with Crippen LogP contribution in [0.4, 0.5) is 0 Å². The van der Waals surface area contributed by atoms with E-state index in [1.807, 2.05) is 44.4 Å². The second-order valence-electron chi connectivity index (χ2n) is 6.80. The van der Waals surface area contributed by atoms with Crippen LogP contribution in [0.1, 0.15) is 30.8 Å². The van der Waals surface area contributed by atoms with Crippen molar-refractivity contribution >= 4 is 27.0 Å². The summed E-state index contributed by atoms with van der Waals surface area (Å²) in [5.74, 6) is 0.730. The minimum atomic E-state index is -0.0904. The molecule has 144 valence electrons. The molecule has 0 amide bonds. The van der Waals surface area contributed by atoms with E-state index in [4.69, 9.17) is 4.98 Å². The smallest absolute Gasteiger partial charge is 0.266 e. The molecule has 2 aromatic heterocycles. The molecule has 0 saturated carbocycles. The zero-order valence-electron chi connectivity index (χ0n) is 15.9. The molecule has 1 atom stereocenters. The molecule has 0 aliphatic heterocycles. The molecule has 27 heavy (non-hydrogen) atoms. The molecule has 8 heteroatoms. The van der Waals surface area contributed by atoms with Crippen LogP contribution >= 0.6 is 15.9 Å². The molecule has 1 unspecified atom stereocenters. The number of benzene rings is 1. The Morgan fingerprint density at radius 2 is 2.04 bits per heavy atom. The van der Waals surface area contributed by atoms with Gasteiger partial charge < -0.3 is 10.2 Å². The third-order valence-corrected chi connectivity index (χ3v) is 5.09. The molecule has 0 radical (unpaired) electrons. The Bertz CT molecular complexity index is 950. The van der Waals surface area contributed by atoms with E-state index < -0.39 is 0 Å². The lowest BCUT2D eigenvalue weighted by atomic mass is 10.1. The molecular weight excluding hydrogens is 408 g/mol. The van der Waals surface area contributed by atoms with Crippen LogP contribution in [0.5, 0.6) is 0 Å². The average molecular weight is 433 g/mol. The molecule has 2 N–H and O–H groups in total. The Labute approximate surface area is 166 Å². The number of H-pyrrole nitrogens is 1. The van der Waals surface area contributed by atoms with Crippen molar-refractivity contribution in [1.82, 2.24) is 30.0 Å². The van der Waals surface area contributed by atoms with E-state index in [1.165, 1.54) is 0 Å². The van der Waals surface area contributed by atoms with Gasteiger partial charge in [-0.3, -0.25) is 14.5 Å². The zero-order valence-corrected chi connectivity index (χ0v) is 17.5. The summed E-state index contributed by atoms with van der Waals surface area (Å²) in [5.41, 5.74) is 1.48. The Balaban J connectivity index is 2.05. The van der Waals surface area contributed by atoms with Gasteiger partial charge in [0.2, 0.25) is 0 Å². The summed E-state index contributed by atoms with van der Waals surface area (Å²) >= 11 is 3.36. The molecule has 0 spiro atoms. The number of halogens is 1. The van der Waals surface area contributed by atoms with Gasteiger partial charge in [-0.25, -0.2) is 4.98 Å². The van der Waals surface area contributed by atoms with Gasteiger partial charge in [0.25, 0.3) is 5.56 Å².